The van der Waals surface area contributed by atoms with Crippen LogP contribution >= 0.6 is 0 Å². The van der Waals surface area contributed by atoms with Crippen molar-refractivity contribution in [3.8, 4) is 0 Å². The predicted molar refractivity (Wildman–Crippen MR) is 101 cm³/mol. The Kier molecular flexibility index (Phi) is 4.51. The molecule has 4 aliphatic rings. The molecule has 3 heteroatoms. The largest absolute Gasteiger partial charge is 0.462 e. The minimum absolute atomic E-state index is 0.0331. The van der Waals surface area contributed by atoms with Crippen LogP contribution in [-0.4, -0.2) is 17.9 Å². The molecule has 0 radical (unpaired) electrons. The molecular weight excluding hydrogens is 324 g/mol. The first-order valence-corrected chi connectivity index (χ1v) is 11.0. The summed E-state index contributed by atoms with van der Waals surface area (Å²) in [6.07, 6.45) is 9.72. The van der Waals surface area contributed by atoms with Gasteiger partial charge in [-0.25, -0.2) is 0 Å². The molecule has 0 aromatic rings. The van der Waals surface area contributed by atoms with Gasteiger partial charge in [0, 0.05) is 24.2 Å². The third-order valence-electron chi connectivity index (χ3n) is 9.28. The Hall–Kier alpha value is -0.860. The van der Waals surface area contributed by atoms with Crippen LogP contribution in [0.25, 0.3) is 0 Å². The van der Waals surface area contributed by atoms with Crippen LogP contribution in [0, 0.1) is 40.4 Å². The summed E-state index contributed by atoms with van der Waals surface area (Å²) in [5, 5.41) is 0. The third kappa shape index (κ3) is 2.59. The summed E-state index contributed by atoms with van der Waals surface area (Å²) in [7, 11) is 0. The second kappa shape index (κ2) is 6.34. The Morgan fingerprint density at radius 3 is 2.54 bits per heavy atom. The maximum atomic E-state index is 12.3. The van der Waals surface area contributed by atoms with Crippen LogP contribution in [0.3, 0.4) is 0 Å². The van der Waals surface area contributed by atoms with Gasteiger partial charge in [-0.15, -0.1) is 0 Å². The molecule has 146 valence electrons. The van der Waals surface area contributed by atoms with Crippen LogP contribution in [0.1, 0.15) is 85.5 Å². The first-order valence-electron chi connectivity index (χ1n) is 11.0. The monoisotopic (exact) mass is 360 g/mol. The second-order valence-corrected chi connectivity index (χ2v) is 10.4. The second-order valence-electron chi connectivity index (χ2n) is 10.4. The molecule has 0 spiro atoms. The van der Waals surface area contributed by atoms with Gasteiger partial charge < -0.3 is 4.74 Å². The fraction of sp³-hybridized carbons (Fsp3) is 0.913. The Morgan fingerprint density at radius 2 is 1.81 bits per heavy atom. The van der Waals surface area contributed by atoms with Crippen LogP contribution in [0.2, 0.25) is 0 Å². The SMILES string of the molecule is CCC(=O)O[C@H]1CC[C@@H]2[C@H]3CC[C@H]4CC(=O)[C@@H](C)C[C@]4(C)[C@@H]3CC[C@@]12C. The number of carbonyl (C=O) groups is 2. The number of rotatable bonds is 2. The Labute approximate surface area is 158 Å². The molecule has 8 atom stereocenters. The lowest BCUT2D eigenvalue weighted by molar-refractivity contribution is -0.165. The van der Waals surface area contributed by atoms with Gasteiger partial charge in [0.15, 0.2) is 0 Å². The number of ketones is 1. The molecule has 26 heavy (non-hydrogen) atoms. The van der Waals surface area contributed by atoms with Gasteiger partial charge in [0.05, 0.1) is 0 Å². The molecule has 3 nitrogen and oxygen atoms in total. The lowest BCUT2D eigenvalue weighted by Crippen LogP contribution is -2.55. The van der Waals surface area contributed by atoms with E-state index in [2.05, 4.69) is 20.8 Å². The smallest absolute Gasteiger partial charge is 0.305 e. The molecule has 0 aromatic carbocycles. The highest BCUT2D eigenvalue weighted by atomic mass is 16.5. The van der Waals surface area contributed by atoms with Gasteiger partial charge in [0.2, 0.25) is 0 Å². The molecule has 0 N–H and O–H groups in total. The van der Waals surface area contributed by atoms with Crippen LogP contribution in [-0.2, 0) is 14.3 Å². The topological polar surface area (TPSA) is 43.4 Å². The van der Waals surface area contributed by atoms with Crippen LogP contribution < -0.4 is 0 Å². The Balaban J connectivity index is 1.57. The van der Waals surface area contributed by atoms with Crippen molar-refractivity contribution in [1.82, 2.24) is 0 Å². The summed E-state index contributed by atoms with van der Waals surface area (Å²) in [6, 6.07) is 0. The van der Waals surface area contributed by atoms with E-state index < -0.39 is 0 Å². The van der Waals surface area contributed by atoms with E-state index in [1.165, 1.54) is 32.1 Å². The maximum absolute atomic E-state index is 12.3. The molecular formula is C23H36O3. The van der Waals surface area contributed by atoms with Gasteiger partial charge in [0.1, 0.15) is 11.9 Å². The molecule has 0 amide bonds. The summed E-state index contributed by atoms with van der Waals surface area (Å²) in [4.78, 5) is 24.2. The summed E-state index contributed by atoms with van der Waals surface area (Å²) in [5.74, 6) is 3.53. The van der Waals surface area contributed by atoms with E-state index in [1.807, 2.05) is 6.92 Å². The lowest BCUT2D eigenvalue weighted by atomic mass is 9.44. The molecule has 0 unspecified atom stereocenters. The molecule has 0 bridgehead atoms. The average Bonchev–Trinajstić information content (AvgIpc) is 2.93. The highest BCUT2D eigenvalue weighted by Crippen LogP contribution is 2.66. The average molecular weight is 361 g/mol. The van der Waals surface area contributed by atoms with E-state index in [0.717, 1.165) is 31.1 Å². The first kappa shape index (κ1) is 18.5. The number of fused-ring (bicyclic) bond motifs is 5. The third-order valence-corrected chi connectivity index (χ3v) is 9.28. The van der Waals surface area contributed by atoms with Crippen LogP contribution in [0.15, 0.2) is 0 Å². The van der Waals surface area contributed by atoms with E-state index in [9.17, 15) is 9.59 Å². The number of ether oxygens (including phenoxy) is 1. The highest BCUT2D eigenvalue weighted by molar-refractivity contribution is 5.82. The minimum atomic E-state index is -0.0331. The number of esters is 1. The zero-order valence-corrected chi connectivity index (χ0v) is 17.1. The predicted octanol–water partition coefficient (Wildman–Crippen LogP) is 5.17. The van der Waals surface area contributed by atoms with Gasteiger partial charge >= 0.3 is 5.97 Å². The summed E-state index contributed by atoms with van der Waals surface area (Å²) < 4.78 is 5.89. The van der Waals surface area contributed by atoms with E-state index in [-0.39, 0.29) is 23.4 Å². The molecule has 0 saturated heterocycles. The summed E-state index contributed by atoms with van der Waals surface area (Å²) in [6.45, 7) is 8.94. The minimum Gasteiger partial charge on any atom is -0.462 e. The fourth-order valence-corrected chi connectivity index (χ4v) is 7.79. The van der Waals surface area contributed by atoms with Gasteiger partial charge in [-0.2, -0.15) is 0 Å². The Morgan fingerprint density at radius 1 is 1.08 bits per heavy atom. The maximum Gasteiger partial charge on any atom is 0.305 e. The molecule has 0 heterocycles. The van der Waals surface area contributed by atoms with Crippen molar-refractivity contribution >= 4 is 11.8 Å². The van der Waals surface area contributed by atoms with E-state index in [4.69, 9.17) is 4.74 Å². The Bertz CT molecular complexity index is 598. The molecule has 4 rings (SSSR count). The first-order chi connectivity index (χ1) is 12.3. The number of carbonyl (C=O) groups excluding carboxylic acids is 2. The van der Waals surface area contributed by atoms with Crippen molar-refractivity contribution in [2.75, 3.05) is 0 Å². The van der Waals surface area contributed by atoms with Crippen molar-refractivity contribution in [3.05, 3.63) is 0 Å². The van der Waals surface area contributed by atoms with E-state index in [0.29, 0.717) is 29.5 Å². The van der Waals surface area contributed by atoms with E-state index in [1.54, 1.807) is 0 Å². The number of hydrogen-bond acceptors (Lipinski definition) is 3. The van der Waals surface area contributed by atoms with Crippen molar-refractivity contribution in [2.24, 2.45) is 40.4 Å². The molecule has 0 aliphatic heterocycles. The quantitative estimate of drug-likeness (QED) is 0.638. The zero-order valence-electron chi connectivity index (χ0n) is 17.1. The normalized spacial score (nSPS) is 50.5. The van der Waals surface area contributed by atoms with Gasteiger partial charge in [-0.1, -0.05) is 27.7 Å². The van der Waals surface area contributed by atoms with Crippen molar-refractivity contribution in [3.63, 3.8) is 0 Å². The standard InChI is InChI=1S/C23H36O3/c1-5-21(25)26-20-9-8-17-16-7-6-15-12-19(24)14(2)13-23(15,4)18(16)10-11-22(17,20)3/h14-18,20H,5-13H2,1-4H3/t14-,15-,16+,17+,18+,20-,22+,23-/m0/s1. The van der Waals surface area contributed by atoms with Crippen LogP contribution in [0.4, 0.5) is 0 Å². The lowest BCUT2D eigenvalue weighted by Gasteiger charge is -2.60. The number of hydrogen-bond donors (Lipinski definition) is 0. The molecule has 4 fully saturated rings. The molecule has 0 aromatic heterocycles. The molecule has 4 aliphatic carbocycles. The zero-order chi connectivity index (χ0) is 18.7. The summed E-state index contributed by atoms with van der Waals surface area (Å²) in [5.41, 5.74) is 0.515. The van der Waals surface area contributed by atoms with Gasteiger partial charge in [-0.3, -0.25) is 9.59 Å². The van der Waals surface area contributed by atoms with Crippen molar-refractivity contribution in [2.45, 2.75) is 91.6 Å². The van der Waals surface area contributed by atoms with E-state index >= 15 is 0 Å². The summed E-state index contributed by atoms with van der Waals surface area (Å²) >= 11 is 0. The fourth-order valence-electron chi connectivity index (χ4n) is 7.79. The van der Waals surface area contributed by atoms with Gasteiger partial charge in [0.25, 0.3) is 0 Å². The van der Waals surface area contributed by atoms with Crippen molar-refractivity contribution in [1.29, 1.82) is 0 Å². The number of Topliss-reactive ketones (excluding diaryl/α,β-unsaturated/α-hetero) is 1. The molecule has 4 saturated carbocycles. The van der Waals surface area contributed by atoms with Crippen molar-refractivity contribution < 1.29 is 14.3 Å². The van der Waals surface area contributed by atoms with Gasteiger partial charge in [-0.05, 0) is 74.0 Å². The highest BCUT2D eigenvalue weighted by Gasteiger charge is 2.61. The van der Waals surface area contributed by atoms with Crippen LogP contribution in [0.5, 0.6) is 0 Å².